The molecule has 0 aromatic heterocycles. The number of nitrogens with zero attached hydrogens (tertiary/aromatic N) is 2. The molecule has 11 heteroatoms. The molecule has 1 saturated heterocycles. The molecule has 24 heavy (non-hydrogen) atoms. The van der Waals surface area contributed by atoms with Gasteiger partial charge < -0.3 is 15.3 Å². The fraction of sp³-hybridized carbons (Fsp3) is 0.462. The number of carbonyl (C=O) groups is 1. The molecule has 0 saturated carbocycles. The van der Waals surface area contributed by atoms with Crippen molar-refractivity contribution in [3.05, 3.63) is 32.3 Å². The molecule has 1 aromatic rings. The predicted molar refractivity (Wildman–Crippen MR) is 82.0 cm³/mol. The Hall–Kier alpha value is -2.04. The summed E-state index contributed by atoms with van der Waals surface area (Å²) < 4.78 is 38.6. The highest BCUT2D eigenvalue weighted by Gasteiger charge is 2.36. The number of hydrogen-bond acceptors (Lipinski definition) is 4. The Morgan fingerprint density at radius 3 is 2.67 bits per heavy atom. The lowest BCUT2D eigenvalue weighted by Crippen LogP contribution is -2.44. The lowest BCUT2D eigenvalue weighted by Gasteiger charge is -2.31. The number of rotatable bonds is 3. The first-order valence-corrected chi connectivity index (χ1v) is 7.68. The van der Waals surface area contributed by atoms with Gasteiger partial charge in [0.25, 0.3) is 5.69 Å². The molecular weight excluding hydrogens is 399 g/mol. The summed E-state index contributed by atoms with van der Waals surface area (Å²) in [6, 6.07) is 0.959. The lowest BCUT2D eigenvalue weighted by atomic mass is 10.0. The van der Waals surface area contributed by atoms with Gasteiger partial charge in [0.05, 0.1) is 10.5 Å². The zero-order valence-electron chi connectivity index (χ0n) is 12.1. The second kappa shape index (κ2) is 6.83. The number of hydrogen-bond donors (Lipinski definition) is 2. The van der Waals surface area contributed by atoms with Crippen molar-refractivity contribution in [2.24, 2.45) is 0 Å². The minimum Gasteiger partial charge on any atom is -0.465 e. The summed E-state index contributed by atoms with van der Waals surface area (Å²) in [5.41, 5.74) is -1.84. The average Bonchev–Trinajstić information content (AvgIpc) is 2.47. The van der Waals surface area contributed by atoms with Gasteiger partial charge in [-0.25, -0.2) is 4.79 Å². The first-order chi connectivity index (χ1) is 11.1. The maximum Gasteiger partial charge on any atom is 0.417 e. The number of likely N-dealkylation sites (tertiary alicyclic amines) is 1. The molecule has 7 nitrogen and oxygen atoms in total. The minimum absolute atomic E-state index is 0.0455. The maximum absolute atomic E-state index is 13.0. The van der Waals surface area contributed by atoms with Crippen LogP contribution in [0.2, 0.25) is 0 Å². The molecular formula is C13H13BrF3N3O4. The van der Waals surface area contributed by atoms with E-state index in [1.807, 2.05) is 0 Å². The van der Waals surface area contributed by atoms with Gasteiger partial charge in [0.2, 0.25) is 0 Å². The first-order valence-electron chi connectivity index (χ1n) is 6.89. The van der Waals surface area contributed by atoms with E-state index in [0.29, 0.717) is 25.5 Å². The summed E-state index contributed by atoms with van der Waals surface area (Å²) in [4.78, 5) is 22.4. The van der Waals surface area contributed by atoms with Crippen molar-refractivity contribution in [1.82, 2.24) is 4.90 Å². The summed E-state index contributed by atoms with van der Waals surface area (Å²) in [6.07, 6.45) is -4.80. The Morgan fingerprint density at radius 2 is 2.12 bits per heavy atom. The summed E-state index contributed by atoms with van der Waals surface area (Å²) in [5.74, 6) is 0. The van der Waals surface area contributed by atoms with Crippen LogP contribution in [0.15, 0.2) is 16.6 Å². The van der Waals surface area contributed by atoms with Gasteiger partial charge in [-0.15, -0.1) is 0 Å². The normalized spacial score (nSPS) is 18.3. The third-order valence-corrected chi connectivity index (χ3v) is 4.30. The Bertz CT molecular complexity index is 669. The topological polar surface area (TPSA) is 95.7 Å². The van der Waals surface area contributed by atoms with Crippen molar-refractivity contribution in [1.29, 1.82) is 0 Å². The maximum atomic E-state index is 13.0. The van der Waals surface area contributed by atoms with Crippen molar-refractivity contribution in [3.63, 3.8) is 0 Å². The van der Waals surface area contributed by atoms with Gasteiger partial charge in [0, 0.05) is 29.7 Å². The highest BCUT2D eigenvalue weighted by Crippen LogP contribution is 2.40. The van der Waals surface area contributed by atoms with E-state index in [1.54, 1.807) is 0 Å². The number of anilines is 1. The molecule has 2 N–H and O–H groups in total. The summed E-state index contributed by atoms with van der Waals surface area (Å²) in [6.45, 7) is 0.369. The van der Waals surface area contributed by atoms with Gasteiger partial charge in [-0.2, -0.15) is 13.2 Å². The van der Waals surface area contributed by atoms with Crippen LogP contribution in [0.3, 0.4) is 0 Å². The molecule has 0 unspecified atom stereocenters. The van der Waals surface area contributed by atoms with E-state index in [1.165, 1.54) is 0 Å². The van der Waals surface area contributed by atoms with Crippen LogP contribution in [0, 0.1) is 10.1 Å². The van der Waals surface area contributed by atoms with Crippen LogP contribution in [0.1, 0.15) is 18.4 Å². The van der Waals surface area contributed by atoms with Gasteiger partial charge in [-0.05, 0) is 34.8 Å². The highest BCUT2D eigenvalue weighted by molar-refractivity contribution is 9.10. The first kappa shape index (κ1) is 18.3. The number of nitro groups is 1. The van der Waals surface area contributed by atoms with Gasteiger partial charge in [0.1, 0.15) is 5.69 Å². The van der Waals surface area contributed by atoms with Crippen LogP contribution in [-0.2, 0) is 6.18 Å². The second-order valence-corrected chi connectivity index (χ2v) is 6.17. The zero-order chi connectivity index (χ0) is 18.1. The Morgan fingerprint density at radius 1 is 1.46 bits per heavy atom. The number of halogens is 4. The SMILES string of the molecule is O=C(O)N1CCC[C@@H](Nc2cc(C(F)(F)F)c(Br)cc2[N+](=O)[O-])C1. The van der Waals surface area contributed by atoms with Gasteiger partial charge in [0.15, 0.2) is 0 Å². The minimum atomic E-state index is -4.68. The summed E-state index contributed by atoms with van der Waals surface area (Å²) in [5, 5.41) is 22.8. The molecule has 0 aliphatic carbocycles. The molecule has 1 atom stereocenters. The average molecular weight is 412 g/mol. The van der Waals surface area contributed by atoms with Crippen molar-refractivity contribution in [2.75, 3.05) is 18.4 Å². The predicted octanol–water partition coefficient (Wildman–Crippen LogP) is 3.93. The Balaban J connectivity index is 2.34. The van der Waals surface area contributed by atoms with Crippen LogP contribution in [-0.4, -0.2) is 40.2 Å². The van der Waals surface area contributed by atoms with Crippen LogP contribution in [0.25, 0.3) is 0 Å². The molecule has 0 spiro atoms. The fourth-order valence-electron chi connectivity index (χ4n) is 2.54. The van der Waals surface area contributed by atoms with Crippen molar-refractivity contribution in [3.8, 4) is 0 Å². The number of carboxylic acid groups (broad SMARTS) is 1. The number of nitrogens with one attached hydrogen (secondary N) is 1. The number of amides is 1. The smallest absolute Gasteiger partial charge is 0.417 e. The van der Waals surface area contributed by atoms with E-state index in [9.17, 15) is 28.1 Å². The highest BCUT2D eigenvalue weighted by atomic mass is 79.9. The van der Waals surface area contributed by atoms with E-state index in [-0.39, 0.29) is 12.2 Å². The fourth-order valence-corrected chi connectivity index (χ4v) is 3.09. The van der Waals surface area contributed by atoms with Gasteiger partial charge in [-0.1, -0.05) is 0 Å². The molecule has 2 rings (SSSR count). The molecule has 1 aromatic carbocycles. The van der Waals surface area contributed by atoms with Crippen molar-refractivity contribution >= 4 is 33.4 Å². The molecule has 132 valence electrons. The third kappa shape index (κ3) is 4.08. The molecule has 0 radical (unpaired) electrons. The standard InChI is InChI=1S/C13H13BrF3N3O4/c14-9-5-11(20(23)24)10(4-8(9)13(15,16)17)18-7-2-1-3-19(6-7)12(21)22/h4-5,7,18H,1-3,6H2,(H,21,22)/t7-/m1/s1. The molecule has 1 fully saturated rings. The van der Waals surface area contributed by atoms with E-state index in [0.717, 1.165) is 11.0 Å². The van der Waals surface area contributed by atoms with E-state index in [4.69, 9.17) is 5.11 Å². The molecule has 1 aliphatic heterocycles. The van der Waals surface area contributed by atoms with Gasteiger partial charge in [-0.3, -0.25) is 10.1 Å². The quantitative estimate of drug-likeness (QED) is 0.580. The van der Waals surface area contributed by atoms with Crippen molar-refractivity contribution < 1.29 is 28.0 Å². The van der Waals surface area contributed by atoms with Crippen LogP contribution in [0.5, 0.6) is 0 Å². The van der Waals surface area contributed by atoms with E-state index < -0.39 is 39.0 Å². The number of benzene rings is 1. The Labute approximate surface area is 142 Å². The molecule has 1 heterocycles. The summed E-state index contributed by atoms with van der Waals surface area (Å²) in [7, 11) is 0. The summed E-state index contributed by atoms with van der Waals surface area (Å²) >= 11 is 2.70. The molecule has 1 aliphatic rings. The van der Waals surface area contributed by atoms with Crippen molar-refractivity contribution in [2.45, 2.75) is 25.1 Å². The number of alkyl halides is 3. The van der Waals surface area contributed by atoms with Crippen LogP contribution < -0.4 is 5.32 Å². The molecule has 0 bridgehead atoms. The third-order valence-electron chi connectivity index (χ3n) is 3.64. The second-order valence-electron chi connectivity index (χ2n) is 5.32. The van der Waals surface area contributed by atoms with Crippen LogP contribution >= 0.6 is 15.9 Å². The van der Waals surface area contributed by atoms with Gasteiger partial charge >= 0.3 is 12.3 Å². The van der Waals surface area contributed by atoms with E-state index >= 15 is 0 Å². The number of nitro benzene ring substituents is 1. The Kier molecular flexibility index (Phi) is 5.21. The molecule has 1 amide bonds. The number of piperidine rings is 1. The monoisotopic (exact) mass is 411 g/mol. The van der Waals surface area contributed by atoms with Crippen LogP contribution in [0.4, 0.5) is 29.3 Å². The lowest BCUT2D eigenvalue weighted by molar-refractivity contribution is -0.384. The zero-order valence-corrected chi connectivity index (χ0v) is 13.7. The largest absolute Gasteiger partial charge is 0.465 e. The van der Waals surface area contributed by atoms with E-state index in [2.05, 4.69) is 21.2 Å².